The number of allylic oxidation sites excluding steroid dienone is 3. The summed E-state index contributed by atoms with van der Waals surface area (Å²) < 4.78 is 5.10. The minimum atomic E-state index is -0.349. The van der Waals surface area contributed by atoms with Crippen LogP contribution in [0.15, 0.2) is 54.6 Å². The van der Waals surface area contributed by atoms with Gasteiger partial charge in [0.25, 0.3) is 0 Å². The van der Waals surface area contributed by atoms with Gasteiger partial charge >= 0.3 is 5.97 Å². The van der Waals surface area contributed by atoms with Gasteiger partial charge < -0.3 is 9.84 Å². The zero-order chi connectivity index (χ0) is 23.5. The number of hydrogen-bond donors (Lipinski definition) is 1. The molecule has 3 rings (SSSR count). The summed E-state index contributed by atoms with van der Waals surface area (Å²) in [5.74, 6) is -0.349. The largest absolute Gasteiger partial charge is 0.462 e. The lowest BCUT2D eigenvalue weighted by Crippen LogP contribution is -2.33. The van der Waals surface area contributed by atoms with E-state index in [1.165, 1.54) is 29.5 Å². The molecule has 0 amide bonds. The van der Waals surface area contributed by atoms with E-state index in [0.29, 0.717) is 12.2 Å². The van der Waals surface area contributed by atoms with Gasteiger partial charge in [0.15, 0.2) is 0 Å². The zero-order valence-electron chi connectivity index (χ0n) is 20.3. The molecule has 3 nitrogen and oxygen atoms in total. The lowest BCUT2D eigenvalue weighted by Gasteiger charge is -2.42. The number of benzene rings is 2. The van der Waals surface area contributed by atoms with Crippen molar-refractivity contribution < 1.29 is 14.6 Å². The third kappa shape index (κ3) is 5.05. The van der Waals surface area contributed by atoms with E-state index in [2.05, 4.69) is 52.8 Å². The Hall–Kier alpha value is -2.65. The lowest BCUT2D eigenvalue weighted by molar-refractivity contribution is 0.0526. The lowest BCUT2D eigenvalue weighted by atomic mass is 9.63. The summed E-state index contributed by atoms with van der Waals surface area (Å²) in [6.07, 6.45) is 6.37. The summed E-state index contributed by atoms with van der Waals surface area (Å²) in [5, 5.41) is 9.97. The summed E-state index contributed by atoms with van der Waals surface area (Å²) in [4.78, 5) is 12.1. The smallest absolute Gasteiger partial charge is 0.338 e. The molecule has 1 aliphatic rings. The third-order valence-electron chi connectivity index (χ3n) is 6.76. The quantitative estimate of drug-likeness (QED) is 0.408. The molecule has 1 N–H and O–H groups in total. The molecule has 2 aromatic carbocycles. The highest BCUT2D eigenvalue weighted by molar-refractivity contribution is 5.90. The highest BCUT2D eigenvalue weighted by Gasteiger charge is 2.36. The summed E-state index contributed by atoms with van der Waals surface area (Å²) in [5.41, 5.74) is 7.66. The molecule has 0 radical (unpaired) electrons. The van der Waals surface area contributed by atoms with Gasteiger partial charge in [-0.05, 0) is 83.1 Å². The maximum Gasteiger partial charge on any atom is 0.338 e. The molecule has 1 aliphatic carbocycles. The number of ether oxygens (including phenoxy) is 1. The molecule has 0 bridgehead atoms. The van der Waals surface area contributed by atoms with Crippen molar-refractivity contribution in [2.24, 2.45) is 0 Å². The Morgan fingerprint density at radius 1 is 0.938 bits per heavy atom. The van der Waals surface area contributed by atoms with Crippen molar-refractivity contribution in [1.29, 1.82) is 0 Å². The molecule has 0 heterocycles. The number of rotatable bonds is 6. The fourth-order valence-electron chi connectivity index (χ4n) is 4.46. The zero-order valence-corrected chi connectivity index (χ0v) is 20.3. The molecular formula is C29H36O3. The highest BCUT2D eigenvalue weighted by atomic mass is 16.5. The molecule has 3 heteroatoms. The van der Waals surface area contributed by atoms with Crippen LogP contribution in [0.5, 0.6) is 0 Å². The molecule has 0 saturated carbocycles. The van der Waals surface area contributed by atoms with Gasteiger partial charge in [-0.3, -0.25) is 0 Å². The van der Waals surface area contributed by atoms with Crippen molar-refractivity contribution in [2.45, 2.75) is 65.2 Å². The topological polar surface area (TPSA) is 46.5 Å². The first-order chi connectivity index (χ1) is 15.1. The first-order valence-electron chi connectivity index (χ1n) is 11.5. The number of fused-ring (bicyclic) bond motifs is 1. The van der Waals surface area contributed by atoms with Gasteiger partial charge in [-0.25, -0.2) is 4.79 Å². The van der Waals surface area contributed by atoms with Gasteiger partial charge in [-0.1, -0.05) is 70.2 Å². The predicted octanol–water partition coefficient (Wildman–Crippen LogP) is 6.69. The average molecular weight is 433 g/mol. The van der Waals surface area contributed by atoms with E-state index in [0.717, 1.165) is 16.7 Å². The first kappa shape index (κ1) is 24.0. The minimum absolute atomic E-state index is 0.110. The van der Waals surface area contributed by atoms with Gasteiger partial charge in [0.1, 0.15) is 0 Å². The second-order valence-electron chi connectivity index (χ2n) is 10.0. The van der Waals surface area contributed by atoms with Crippen LogP contribution in [-0.4, -0.2) is 24.3 Å². The van der Waals surface area contributed by atoms with Gasteiger partial charge in [0.2, 0.25) is 0 Å². The van der Waals surface area contributed by atoms with Crippen LogP contribution >= 0.6 is 0 Å². The van der Waals surface area contributed by atoms with E-state index in [1.807, 2.05) is 24.3 Å². The van der Waals surface area contributed by atoms with Crippen molar-refractivity contribution in [3.8, 4) is 0 Å². The molecule has 2 aromatic rings. The van der Waals surface area contributed by atoms with Crippen LogP contribution in [0.25, 0.3) is 11.1 Å². The molecule has 0 aliphatic heterocycles. The van der Waals surface area contributed by atoms with E-state index >= 15 is 0 Å². The molecule has 0 unspecified atom stereocenters. The number of carbonyl (C=O) groups excluding carboxylic acids is 1. The number of aliphatic hydroxyl groups excluding tert-OH is 1. The van der Waals surface area contributed by atoms with Gasteiger partial charge in [-0.15, -0.1) is 0 Å². The van der Waals surface area contributed by atoms with Crippen LogP contribution in [0.2, 0.25) is 0 Å². The normalized spacial score (nSPS) is 17.6. The second-order valence-corrected chi connectivity index (χ2v) is 10.0. The van der Waals surface area contributed by atoms with Crippen molar-refractivity contribution >= 4 is 17.1 Å². The van der Waals surface area contributed by atoms with E-state index < -0.39 is 0 Å². The fraction of sp³-hybridized carbons (Fsp3) is 0.414. The molecule has 0 fully saturated rings. The fourth-order valence-corrected chi connectivity index (χ4v) is 4.46. The van der Waals surface area contributed by atoms with Gasteiger partial charge in [0, 0.05) is 0 Å². The van der Waals surface area contributed by atoms with E-state index in [-0.39, 0.29) is 23.4 Å². The Balaban J connectivity index is 1.93. The minimum Gasteiger partial charge on any atom is -0.462 e. The highest BCUT2D eigenvalue weighted by Crippen LogP contribution is 2.46. The number of carbonyl (C=O) groups is 1. The van der Waals surface area contributed by atoms with Crippen molar-refractivity contribution in [3.63, 3.8) is 0 Å². The third-order valence-corrected chi connectivity index (χ3v) is 6.76. The summed E-state index contributed by atoms with van der Waals surface area (Å²) in [6.45, 7) is 13.5. The van der Waals surface area contributed by atoms with Crippen molar-refractivity contribution in [1.82, 2.24) is 0 Å². The molecule has 0 aromatic heterocycles. The molecule has 0 atom stereocenters. The van der Waals surface area contributed by atoms with Crippen LogP contribution in [-0.2, 0) is 15.6 Å². The maximum absolute atomic E-state index is 12.1. The summed E-state index contributed by atoms with van der Waals surface area (Å²) in [7, 11) is 0. The summed E-state index contributed by atoms with van der Waals surface area (Å²) in [6, 6.07) is 14.1. The number of esters is 1. The van der Waals surface area contributed by atoms with Crippen molar-refractivity contribution in [2.75, 3.05) is 13.2 Å². The number of aliphatic hydroxyl groups is 1. The Morgan fingerprint density at radius 3 is 2.25 bits per heavy atom. The molecule has 0 saturated heterocycles. The SMILES string of the molecule is CCOC(=O)c1cccc(/C(=C/C=C(\C)c2ccc3c(c2)C(C)(C)CCC3(C)C)CO)c1. The molecule has 0 spiro atoms. The molecular weight excluding hydrogens is 396 g/mol. The average Bonchev–Trinajstić information content (AvgIpc) is 2.77. The van der Waals surface area contributed by atoms with Crippen LogP contribution < -0.4 is 0 Å². The van der Waals surface area contributed by atoms with E-state index in [9.17, 15) is 9.90 Å². The standard InChI is InChI=1S/C29H36O3/c1-7-32-27(31)23-10-8-9-22(17-23)24(19-30)12-11-20(2)21-13-14-25-26(18-21)29(5,6)16-15-28(25,3)4/h8-14,17-18,30H,7,15-16,19H2,1-6H3/b20-11+,24-12+. The van der Waals surface area contributed by atoms with Gasteiger partial charge in [-0.2, -0.15) is 0 Å². The number of hydrogen-bond acceptors (Lipinski definition) is 3. The maximum atomic E-state index is 12.1. The molecule has 32 heavy (non-hydrogen) atoms. The molecule has 170 valence electrons. The monoisotopic (exact) mass is 432 g/mol. The van der Waals surface area contributed by atoms with Crippen LogP contribution in [0.3, 0.4) is 0 Å². The van der Waals surface area contributed by atoms with Crippen molar-refractivity contribution in [3.05, 3.63) is 82.4 Å². The predicted molar refractivity (Wildman–Crippen MR) is 133 cm³/mol. The van der Waals surface area contributed by atoms with Crippen LogP contribution in [0.4, 0.5) is 0 Å². The van der Waals surface area contributed by atoms with E-state index in [4.69, 9.17) is 4.74 Å². The van der Waals surface area contributed by atoms with Gasteiger partial charge in [0.05, 0.1) is 18.8 Å². The Kier molecular flexibility index (Phi) is 7.09. The Morgan fingerprint density at radius 2 is 1.59 bits per heavy atom. The van der Waals surface area contributed by atoms with Crippen LogP contribution in [0.1, 0.15) is 87.0 Å². The Labute approximate surface area is 192 Å². The van der Waals surface area contributed by atoms with Crippen LogP contribution in [0, 0.1) is 0 Å². The Bertz CT molecular complexity index is 1050. The first-order valence-corrected chi connectivity index (χ1v) is 11.5. The summed E-state index contributed by atoms with van der Waals surface area (Å²) >= 11 is 0. The van der Waals surface area contributed by atoms with E-state index in [1.54, 1.807) is 19.1 Å². The second kappa shape index (κ2) is 9.46.